The minimum absolute atomic E-state index is 0.265. The van der Waals surface area contributed by atoms with Gasteiger partial charge in [-0.15, -0.1) is 0 Å². The Morgan fingerprint density at radius 1 is 1.12 bits per heavy atom. The van der Waals surface area contributed by atoms with Crippen LogP contribution in [0.15, 0.2) is 0 Å². The summed E-state index contributed by atoms with van der Waals surface area (Å²) in [5.41, 5.74) is 0. The summed E-state index contributed by atoms with van der Waals surface area (Å²) in [5, 5.41) is 0. The first-order valence-electron chi connectivity index (χ1n) is 5.90. The van der Waals surface area contributed by atoms with E-state index in [1.165, 1.54) is 0 Å². The maximum atomic E-state index is 12.3. The fraction of sp³-hybridized carbons (Fsp3) is 0.909. The number of esters is 1. The van der Waals surface area contributed by atoms with Crippen LogP contribution >= 0.6 is 7.60 Å². The van der Waals surface area contributed by atoms with Crippen LogP contribution in [0.25, 0.3) is 0 Å². The third-order valence-corrected chi connectivity index (χ3v) is 3.66. The largest absolute Gasteiger partial charge is 0.465 e. The Hall–Kier alpha value is -0.380. The number of carbonyl (C=O) groups is 1. The number of carbonyl (C=O) groups excluding carboxylic acids is 1. The lowest BCUT2D eigenvalue weighted by atomic mass is 10.5. The maximum Gasteiger partial charge on any atom is 0.342 e. The quantitative estimate of drug-likeness (QED) is 0.499. The van der Waals surface area contributed by atoms with Crippen LogP contribution in [-0.4, -0.2) is 30.9 Å². The molecule has 17 heavy (non-hydrogen) atoms. The Kier molecular flexibility index (Phi) is 7.68. The molecule has 0 heterocycles. The van der Waals surface area contributed by atoms with E-state index in [0.29, 0.717) is 6.61 Å². The van der Waals surface area contributed by atoms with Gasteiger partial charge in [0.05, 0.1) is 18.8 Å². The van der Waals surface area contributed by atoms with Crippen molar-refractivity contribution in [3.8, 4) is 0 Å². The molecule has 0 N–H and O–H groups in total. The summed E-state index contributed by atoms with van der Waals surface area (Å²) in [6, 6.07) is 0. The van der Waals surface area contributed by atoms with Crippen molar-refractivity contribution in [2.24, 2.45) is 0 Å². The second-order valence-electron chi connectivity index (χ2n) is 4.30. The zero-order chi connectivity index (χ0) is 13.5. The molecule has 0 aliphatic rings. The Bertz CT molecular complexity index is 261. The SMILES string of the molecule is CCCOC(=O)CP(=O)(OC(C)C)OC(C)C. The summed E-state index contributed by atoms with van der Waals surface area (Å²) >= 11 is 0. The van der Waals surface area contributed by atoms with Crippen molar-refractivity contribution in [2.45, 2.75) is 53.2 Å². The van der Waals surface area contributed by atoms with E-state index in [1.54, 1.807) is 27.7 Å². The zero-order valence-corrected chi connectivity index (χ0v) is 12.2. The van der Waals surface area contributed by atoms with Crippen LogP contribution in [0, 0.1) is 0 Å². The monoisotopic (exact) mass is 266 g/mol. The summed E-state index contributed by atoms with van der Waals surface area (Å²) in [7, 11) is -3.40. The molecule has 0 aromatic carbocycles. The molecule has 0 saturated heterocycles. The van der Waals surface area contributed by atoms with Crippen LogP contribution in [0.3, 0.4) is 0 Å². The molecular formula is C11H23O5P. The summed E-state index contributed by atoms with van der Waals surface area (Å²) in [6.45, 7) is 9.19. The molecular weight excluding hydrogens is 243 g/mol. The highest BCUT2D eigenvalue weighted by molar-refractivity contribution is 7.54. The van der Waals surface area contributed by atoms with Crippen molar-refractivity contribution in [3.63, 3.8) is 0 Å². The van der Waals surface area contributed by atoms with Crippen LogP contribution in [0.4, 0.5) is 0 Å². The summed E-state index contributed by atoms with van der Waals surface area (Å²) in [6.07, 6.45) is -0.132. The normalized spacial score (nSPS) is 12.2. The van der Waals surface area contributed by atoms with Gasteiger partial charge in [-0.2, -0.15) is 0 Å². The van der Waals surface area contributed by atoms with Gasteiger partial charge in [-0.05, 0) is 34.1 Å². The van der Waals surface area contributed by atoms with Gasteiger partial charge in [-0.25, -0.2) is 0 Å². The number of rotatable bonds is 8. The molecule has 0 atom stereocenters. The van der Waals surface area contributed by atoms with Crippen LogP contribution in [-0.2, 0) is 23.1 Å². The maximum absolute atomic E-state index is 12.3. The standard InChI is InChI=1S/C11H23O5P/c1-6-7-14-11(12)8-17(13,15-9(2)3)16-10(4)5/h9-10H,6-8H2,1-5H3. The smallest absolute Gasteiger partial charge is 0.342 e. The molecule has 0 aromatic rings. The Morgan fingerprint density at radius 2 is 1.59 bits per heavy atom. The Balaban J connectivity index is 4.47. The number of hydrogen-bond acceptors (Lipinski definition) is 5. The molecule has 0 fully saturated rings. The molecule has 0 aliphatic heterocycles. The van der Waals surface area contributed by atoms with E-state index in [2.05, 4.69) is 0 Å². The fourth-order valence-electron chi connectivity index (χ4n) is 1.16. The van der Waals surface area contributed by atoms with E-state index in [0.717, 1.165) is 6.42 Å². The van der Waals surface area contributed by atoms with Crippen LogP contribution < -0.4 is 0 Å². The highest BCUT2D eigenvalue weighted by Gasteiger charge is 2.31. The van der Waals surface area contributed by atoms with E-state index in [9.17, 15) is 9.36 Å². The third-order valence-electron chi connectivity index (χ3n) is 1.53. The van der Waals surface area contributed by atoms with Gasteiger partial charge < -0.3 is 13.8 Å². The molecule has 0 unspecified atom stereocenters. The van der Waals surface area contributed by atoms with Gasteiger partial charge in [0.2, 0.25) is 0 Å². The van der Waals surface area contributed by atoms with Crippen molar-refractivity contribution in [3.05, 3.63) is 0 Å². The molecule has 0 aromatic heterocycles. The first kappa shape index (κ1) is 16.6. The second kappa shape index (κ2) is 7.85. The van der Waals surface area contributed by atoms with Gasteiger partial charge in [-0.3, -0.25) is 9.36 Å². The van der Waals surface area contributed by atoms with Crippen molar-refractivity contribution in [1.82, 2.24) is 0 Å². The average Bonchev–Trinajstić information content (AvgIpc) is 2.10. The zero-order valence-electron chi connectivity index (χ0n) is 11.3. The predicted molar refractivity (Wildman–Crippen MR) is 66.2 cm³/mol. The Labute approximate surface area is 103 Å². The molecule has 0 amide bonds. The molecule has 5 nitrogen and oxygen atoms in total. The topological polar surface area (TPSA) is 61.8 Å². The van der Waals surface area contributed by atoms with Crippen molar-refractivity contribution < 1.29 is 23.1 Å². The predicted octanol–water partition coefficient (Wildman–Crippen LogP) is 2.98. The van der Waals surface area contributed by atoms with E-state index in [4.69, 9.17) is 13.8 Å². The van der Waals surface area contributed by atoms with Crippen LogP contribution in [0.1, 0.15) is 41.0 Å². The summed E-state index contributed by atoms with van der Waals surface area (Å²) in [4.78, 5) is 11.4. The number of ether oxygens (including phenoxy) is 1. The highest BCUT2D eigenvalue weighted by Crippen LogP contribution is 2.50. The van der Waals surface area contributed by atoms with Gasteiger partial charge in [0.15, 0.2) is 0 Å². The first-order valence-corrected chi connectivity index (χ1v) is 7.63. The van der Waals surface area contributed by atoms with Gasteiger partial charge in [-0.1, -0.05) is 6.92 Å². The second-order valence-corrected chi connectivity index (χ2v) is 6.26. The lowest BCUT2D eigenvalue weighted by Gasteiger charge is -2.21. The molecule has 6 heteroatoms. The minimum Gasteiger partial charge on any atom is -0.465 e. The van der Waals surface area contributed by atoms with Gasteiger partial charge in [0, 0.05) is 0 Å². The van der Waals surface area contributed by atoms with Crippen LogP contribution in [0.5, 0.6) is 0 Å². The third kappa shape index (κ3) is 8.36. The van der Waals surface area contributed by atoms with E-state index < -0.39 is 13.6 Å². The molecule has 0 radical (unpaired) electrons. The van der Waals surface area contributed by atoms with E-state index in [1.807, 2.05) is 6.92 Å². The van der Waals surface area contributed by atoms with Crippen molar-refractivity contribution >= 4 is 13.6 Å². The van der Waals surface area contributed by atoms with E-state index >= 15 is 0 Å². The van der Waals surface area contributed by atoms with Crippen molar-refractivity contribution in [1.29, 1.82) is 0 Å². The van der Waals surface area contributed by atoms with Gasteiger partial charge in [0.25, 0.3) is 0 Å². The molecule has 102 valence electrons. The molecule has 0 saturated carbocycles. The average molecular weight is 266 g/mol. The molecule has 0 spiro atoms. The molecule has 0 bridgehead atoms. The summed E-state index contributed by atoms with van der Waals surface area (Å²) < 4.78 is 27.6. The van der Waals surface area contributed by atoms with Gasteiger partial charge in [0.1, 0.15) is 6.16 Å². The highest BCUT2D eigenvalue weighted by atomic mass is 31.2. The molecule has 0 aliphatic carbocycles. The number of hydrogen-bond donors (Lipinski definition) is 0. The fourth-order valence-corrected chi connectivity index (χ4v) is 3.05. The van der Waals surface area contributed by atoms with Crippen molar-refractivity contribution in [2.75, 3.05) is 12.8 Å². The van der Waals surface area contributed by atoms with E-state index in [-0.39, 0.29) is 18.4 Å². The first-order chi connectivity index (χ1) is 7.79. The van der Waals surface area contributed by atoms with Gasteiger partial charge >= 0.3 is 13.6 Å². The summed E-state index contributed by atoms with van der Waals surface area (Å²) in [5.74, 6) is -0.545. The van der Waals surface area contributed by atoms with Crippen LogP contribution in [0.2, 0.25) is 0 Å². The minimum atomic E-state index is -3.40. The molecule has 0 rings (SSSR count). The lowest BCUT2D eigenvalue weighted by molar-refractivity contribution is -0.140. The lowest BCUT2D eigenvalue weighted by Crippen LogP contribution is -2.17. The Morgan fingerprint density at radius 3 is 1.94 bits per heavy atom.